The van der Waals surface area contributed by atoms with Crippen LogP contribution in [0.1, 0.15) is 12.5 Å². The summed E-state index contributed by atoms with van der Waals surface area (Å²) >= 11 is 0. The van der Waals surface area contributed by atoms with E-state index in [1.165, 1.54) is 20.2 Å². The van der Waals surface area contributed by atoms with Gasteiger partial charge in [0.05, 0.1) is 13.3 Å². The fraction of sp³-hybridized carbons (Fsp3) is 0.333. The summed E-state index contributed by atoms with van der Waals surface area (Å²) in [5, 5.41) is 6.94. The maximum Gasteiger partial charge on any atom is 0.333 e. The Balaban J connectivity index is 2.78. The second kappa shape index (κ2) is 5.04. The van der Waals surface area contributed by atoms with Gasteiger partial charge in [-0.2, -0.15) is 0 Å². The van der Waals surface area contributed by atoms with Gasteiger partial charge in [-0.05, 0) is 12.5 Å². The van der Waals surface area contributed by atoms with Gasteiger partial charge in [0.15, 0.2) is 0 Å². The average molecular weight is 209 g/mol. The maximum atomic E-state index is 10.4. The van der Waals surface area contributed by atoms with Gasteiger partial charge in [-0.1, -0.05) is 0 Å². The molecule has 6 heteroatoms. The van der Waals surface area contributed by atoms with Crippen LogP contribution in [0.2, 0.25) is 0 Å². The number of hydrogen-bond acceptors (Lipinski definition) is 6. The van der Waals surface area contributed by atoms with E-state index in [1.807, 2.05) is 6.92 Å². The fourth-order valence-electron chi connectivity index (χ4n) is 0.861. The molecule has 6 nitrogen and oxygen atoms in total. The number of methoxy groups -OCH3 is 1. The summed E-state index contributed by atoms with van der Waals surface area (Å²) in [4.78, 5) is 18.7. The normalized spacial score (nSPS) is 10.3. The van der Waals surface area contributed by atoms with E-state index in [1.54, 1.807) is 6.07 Å². The molecule has 0 amide bonds. The molecule has 0 aliphatic heterocycles. The molecule has 0 unspecified atom stereocenters. The first-order valence-electron chi connectivity index (χ1n) is 4.22. The highest BCUT2D eigenvalue weighted by Gasteiger charge is 2.00. The van der Waals surface area contributed by atoms with Crippen LogP contribution in [0.25, 0.3) is 0 Å². The quantitative estimate of drug-likeness (QED) is 0.563. The van der Waals surface area contributed by atoms with Crippen LogP contribution in [0.5, 0.6) is 5.88 Å². The zero-order valence-corrected chi connectivity index (χ0v) is 8.72. The maximum absolute atomic E-state index is 10.4. The molecule has 0 aromatic carbocycles. The van der Waals surface area contributed by atoms with E-state index in [9.17, 15) is 4.79 Å². The van der Waals surface area contributed by atoms with Crippen LogP contribution in [0.3, 0.4) is 0 Å². The van der Waals surface area contributed by atoms with Crippen molar-refractivity contribution in [1.29, 1.82) is 0 Å². The number of aromatic nitrogens is 1. The van der Waals surface area contributed by atoms with Gasteiger partial charge in [0.1, 0.15) is 5.69 Å². The summed E-state index contributed by atoms with van der Waals surface area (Å²) < 4.78 is 4.92. The lowest BCUT2D eigenvalue weighted by atomic mass is 10.2. The van der Waals surface area contributed by atoms with Crippen LogP contribution >= 0.6 is 0 Å². The molecule has 0 saturated carbocycles. The zero-order valence-electron chi connectivity index (χ0n) is 8.72. The van der Waals surface area contributed by atoms with E-state index in [0.717, 1.165) is 5.56 Å². The molecule has 1 aromatic rings. The molecule has 1 aromatic heterocycles. The smallest absolute Gasteiger partial charge is 0.333 e. The van der Waals surface area contributed by atoms with Crippen molar-refractivity contribution < 1.29 is 14.4 Å². The summed E-state index contributed by atoms with van der Waals surface area (Å²) in [6.07, 6.45) is 1.49. The molecule has 1 heterocycles. The van der Waals surface area contributed by atoms with Gasteiger partial charge in [-0.15, -0.1) is 5.11 Å². The summed E-state index contributed by atoms with van der Waals surface area (Å²) in [5.74, 6) is -0.0168. The highest BCUT2D eigenvalue weighted by atomic mass is 16.7. The summed E-state index contributed by atoms with van der Waals surface area (Å²) in [7, 11) is 1.53. The molecule has 0 spiro atoms. The van der Waals surface area contributed by atoms with Crippen LogP contribution in [0.15, 0.2) is 22.7 Å². The minimum absolute atomic E-state index is 0.499. The van der Waals surface area contributed by atoms with Crippen molar-refractivity contribution in [3.63, 3.8) is 0 Å². The number of pyridine rings is 1. The van der Waals surface area contributed by atoms with Crippen molar-refractivity contribution in [3.8, 4) is 5.88 Å². The van der Waals surface area contributed by atoms with Gasteiger partial charge in [0.2, 0.25) is 5.88 Å². The third-order valence-corrected chi connectivity index (χ3v) is 1.59. The lowest BCUT2D eigenvalue weighted by Gasteiger charge is -2.01. The minimum atomic E-state index is -0.516. The standard InChI is InChI=1S/C9H11N3O3/c1-6-4-9(14-3)10-5-8(6)11-12-15-7(2)13/h4-5H,1-3H3. The third-order valence-electron chi connectivity index (χ3n) is 1.59. The second-order valence-corrected chi connectivity index (χ2v) is 2.78. The lowest BCUT2D eigenvalue weighted by molar-refractivity contribution is -0.141. The lowest BCUT2D eigenvalue weighted by Crippen LogP contribution is -1.90. The highest BCUT2D eigenvalue weighted by Crippen LogP contribution is 2.20. The Hall–Kier alpha value is -1.98. The molecular weight excluding hydrogens is 198 g/mol. The van der Waals surface area contributed by atoms with Crippen LogP contribution in [0, 0.1) is 6.92 Å². The van der Waals surface area contributed by atoms with Crippen molar-refractivity contribution in [2.45, 2.75) is 13.8 Å². The Morgan fingerprint density at radius 2 is 2.27 bits per heavy atom. The van der Waals surface area contributed by atoms with Crippen molar-refractivity contribution in [2.75, 3.05) is 7.11 Å². The predicted molar refractivity (Wildman–Crippen MR) is 51.8 cm³/mol. The number of hydrogen-bond donors (Lipinski definition) is 0. The molecule has 15 heavy (non-hydrogen) atoms. The number of rotatable bonds is 3. The van der Waals surface area contributed by atoms with Gasteiger partial charge in [-0.3, -0.25) is 0 Å². The van der Waals surface area contributed by atoms with Crippen molar-refractivity contribution in [2.24, 2.45) is 10.4 Å². The second-order valence-electron chi connectivity index (χ2n) is 2.78. The van der Waals surface area contributed by atoms with E-state index in [2.05, 4.69) is 20.2 Å². The Kier molecular flexibility index (Phi) is 3.73. The molecule has 0 N–H and O–H groups in total. The van der Waals surface area contributed by atoms with Crippen molar-refractivity contribution in [1.82, 2.24) is 4.98 Å². The summed E-state index contributed by atoms with van der Waals surface area (Å²) in [6.45, 7) is 3.07. The van der Waals surface area contributed by atoms with Gasteiger partial charge in [0.25, 0.3) is 0 Å². The van der Waals surface area contributed by atoms with E-state index in [-0.39, 0.29) is 0 Å². The molecule has 0 saturated heterocycles. The number of carbonyl (C=O) groups is 1. The first kappa shape index (κ1) is 11.1. The minimum Gasteiger partial charge on any atom is -0.481 e. The van der Waals surface area contributed by atoms with Gasteiger partial charge < -0.3 is 9.57 Å². The molecule has 0 atom stereocenters. The van der Waals surface area contributed by atoms with Gasteiger partial charge in [0, 0.05) is 18.3 Å². The van der Waals surface area contributed by atoms with Crippen LogP contribution in [-0.4, -0.2) is 18.1 Å². The van der Waals surface area contributed by atoms with Crippen molar-refractivity contribution >= 4 is 11.7 Å². The monoisotopic (exact) mass is 209 g/mol. The fourth-order valence-corrected chi connectivity index (χ4v) is 0.861. The molecule has 1 rings (SSSR count). The molecule has 0 aliphatic rings. The third kappa shape index (κ3) is 3.34. The van der Waals surface area contributed by atoms with E-state index < -0.39 is 5.97 Å². The first-order valence-corrected chi connectivity index (χ1v) is 4.22. The topological polar surface area (TPSA) is 73.1 Å². The molecule has 80 valence electrons. The number of aryl methyl sites for hydroxylation is 1. The Labute approximate surface area is 86.9 Å². The summed E-state index contributed by atoms with van der Waals surface area (Å²) in [5.41, 5.74) is 1.36. The van der Waals surface area contributed by atoms with E-state index in [0.29, 0.717) is 11.6 Å². The molecule has 0 fully saturated rings. The predicted octanol–water partition coefficient (Wildman–Crippen LogP) is 1.96. The highest BCUT2D eigenvalue weighted by molar-refractivity contribution is 5.65. The molecule has 0 bridgehead atoms. The molecule has 0 aliphatic carbocycles. The number of nitrogens with zero attached hydrogens (tertiary/aromatic N) is 3. The SMILES string of the molecule is COc1cc(C)c(N=NOC(C)=O)cn1. The van der Waals surface area contributed by atoms with Crippen molar-refractivity contribution in [3.05, 3.63) is 17.8 Å². The van der Waals surface area contributed by atoms with Gasteiger partial charge in [-0.25, -0.2) is 9.78 Å². The molecular formula is C9H11N3O3. The zero-order chi connectivity index (χ0) is 11.3. The Morgan fingerprint density at radius 3 is 2.80 bits per heavy atom. The summed E-state index contributed by atoms with van der Waals surface area (Å²) in [6, 6.07) is 1.71. The van der Waals surface area contributed by atoms with Gasteiger partial charge >= 0.3 is 5.97 Å². The largest absolute Gasteiger partial charge is 0.481 e. The van der Waals surface area contributed by atoms with Crippen LogP contribution in [-0.2, 0) is 9.63 Å². The molecule has 0 radical (unpaired) electrons. The Morgan fingerprint density at radius 1 is 1.53 bits per heavy atom. The van der Waals surface area contributed by atoms with E-state index in [4.69, 9.17) is 4.74 Å². The number of ether oxygens (including phenoxy) is 1. The van der Waals surface area contributed by atoms with E-state index >= 15 is 0 Å². The average Bonchev–Trinajstić information content (AvgIpc) is 2.20. The first-order chi connectivity index (χ1) is 7.13. The Bertz CT molecular complexity index is 390. The van der Waals surface area contributed by atoms with Crippen LogP contribution < -0.4 is 4.74 Å². The number of carbonyl (C=O) groups excluding carboxylic acids is 1. The van der Waals surface area contributed by atoms with Crippen LogP contribution in [0.4, 0.5) is 5.69 Å².